The van der Waals surface area contributed by atoms with Crippen LogP contribution in [0, 0.1) is 5.82 Å². The fourth-order valence-electron chi connectivity index (χ4n) is 4.93. The molecule has 41 heavy (non-hydrogen) atoms. The van der Waals surface area contributed by atoms with Gasteiger partial charge in [-0.25, -0.2) is 17.8 Å². The van der Waals surface area contributed by atoms with E-state index in [0.29, 0.717) is 18.4 Å². The molecule has 0 saturated carbocycles. The van der Waals surface area contributed by atoms with E-state index >= 15 is 0 Å². The minimum atomic E-state index is -3.70. The van der Waals surface area contributed by atoms with Gasteiger partial charge in [0.2, 0.25) is 10.0 Å². The zero-order valence-corrected chi connectivity index (χ0v) is 23.6. The molecule has 3 aromatic carbocycles. The molecule has 1 aliphatic heterocycles. The Morgan fingerprint density at radius 2 is 1.68 bits per heavy atom. The summed E-state index contributed by atoms with van der Waals surface area (Å²) in [5.74, 6) is -0.678. The van der Waals surface area contributed by atoms with Crippen LogP contribution in [-0.2, 0) is 10.0 Å². The number of nitrogens with one attached hydrogen (secondary N) is 2. The van der Waals surface area contributed by atoms with Crippen molar-refractivity contribution in [1.29, 1.82) is 0 Å². The molecule has 2 N–H and O–H groups in total. The van der Waals surface area contributed by atoms with E-state index in [1.54, 1.807) is 6.07 Å². The normalized spacial score (nSPS) is 14.8. The predicted octanol–water partition coefficient (Wildman–Crippen LogP) is 6.10. The second kappa shape index (κ2) is 11.5. The van der Waals surface area contributed by atoms with Crippen LogP contribution >= 0.6 is 11.8 Å². The maximum atomic E-state index is 13.2. The number of aromatic nitrogens is 2. The molecule has 6 rings (SSSR count). The van der Waals surface area contributed by atoms with Gasteiger partial charge in [0.25, 0.3) is 5.91 Å². The average molecular weight is 587 g/mol. The zero-order chi connectivity index (χ0) is 28.4. The number of aromatic amines is 1. The van der Waals surface area contributed by atoms with Crippen molar-refractivity contribution < 1.29 is 17.6 Å². The fraction of sp³-hybridized carbons (Fsp3) is 0.161. The maximum Gasteiger partial charge on any atom is 0.251 e. The molecule has 208 valence electrons. The van der Waals surface area contributed by atoms with Crippen LogP contribution < -0.4 is 5.32 Å². The van der Waals surface area contributed by atoms with Gasteiger partial charge in [0.15, 0.2) is 0 Å². The number of pyridine rings is 1. The van der Waals surface area contributed by atoms with Gasteiger partial charge in [-0.15, -0.1) is 0 Å². The summed E-state index contributed by atoms with van der Waals surface area (Å²) in [5, 5.41) is 4.06. The average Bonchev–Trinajstić information content (AvgIpc) is 3.42. The number of sulfonamides is 1. The molecule has 1 amide bonds. The second-order valence-corrected chi connectivity index (χ2v) is 13.0. The largest absolute Gasteiger partial charge is 0.349 e. The molecule has 0 atom stereocenters. The number of piperidine rings is 1. The first-order valence-corrected chi connectivity index (χ1v) is 15.5. The molecular formula is C31H27FN4O3S2. The van der Waals surface area contributed by atoms with E-state index in [1.165, 1.54) is 28.2 Å². The summed E-state index contributed by atoms with van der Waals surface area (Å²) in [4.78, 5) is 23.0. The summed E-state index contributed by atoms with van der Waals surface area (Å²) in [6.07, 6.45) is 2.81. The van der Waals surface area contributed by atoms with Crippen LogP contribution in [0.25, 0.3) is 22.3 Å². The Labute approximate surface area is 241 Å². The molecule has 0 spiro atoms. The minimum Gasteiger partial charge on any atom is -0.349 e. The lowest BCUT2D eigenvalue weighted by molar-refractivity contribution is 0.0923. The highest BCUT2D eigenvalue weighted by Gasteiger charge is 2.30. The van der Waals surface area contributed by atoms with Crippen molar-refractivity contribution in [3.8, 4) is 11.3 Å². The number of nitrogens with zero attached hydrogens (tertiary/aromatic N) is 2. The predicted molar refractivity (Wildman–Crippen MR) is 158 cm³/mol. The van der Waals surface area contributed by atoms with Gasteiger partial charge >= 0.3 is 0 Å². The monoisotopic (exact) mass is 586 g/mol. The van der Waals surface area contributed by atoms with Gasteiger partial charge in [-0.2, -0.15) is 4.31 Å². The molecule has 0 aliphatic carbocycles. The number of carbonyl (C=O) groups is 1. The molecule has 3 heterocycles. The van der Waals surface area contributed by atoms with Crippen LogP contribution in [-0.4, -0.2) is 47.7 Å². The standard InChI is InChI=1S/C31H27FN4O3S2/c32-24-9-11-28(12-10-24)41(38,39)36-15-13-25(14-16-36)34-31(37)22-7-4-8-26(17-22)40-27-18-23-19-29(35-30(23)33-20-27)21-5-2-1-3-6-21/h1-12,17-20,25H,13-16H2,(H,33,35)(H,34,37). The summed E-state index contributed by atoms with van der Waals surface area (Å²) in [6.45, 7) is 0.558. The second-order valence-electron chi connectivity index (χ2n) is 9.89. The molecule has 2 aromatic heterocycles. The van der Waals surface area contributed by atoms with Crippen molar-refractivity contribution in [2.45, 2.75) is 33.6 Å². The molecule has 5 aromatic rings. The number of halogens is 1. The van der Waals surface area contributed by atoms with Crippen LogP contribution in [0.1, 0.15) is 23.2 Å². The number of hydrogen-bond donors (Lipinski definition) is 2. The van der Waals surface area contributed by atoms with Crippen LogP contribution in [0.4, 0.5) is 4.39 Å². The third-order valence-electron chi connectivity index (χ3n) is 7.10. The molecule has 0 radical (unpaired) electrons. The third-order valence-corrected chi connectivity index (χ3v) is 9.96. The summed E-state index contributed by atoms with van der Waals surface area (Å²) < 4.78 is 40.4. The summed E-state index contributed by atoms with van der Waals surface area (Å²) >= 11 is 1.53. The van der Waals surface area contributed by atoms with Crippen LogP contribution in [0.3, 0.4) is 0 Å². The number of fused-ring (bicyclic) bond motifs is 1. The Bertz CT molecular complexity index is 1800. The Balaban J connectivity index is 1.08. The van der Waals surface area contributed by atoms with Gasteiger partial charge in [0, 0.05) is 51.8 Å². The van der Waals surface area contributed by atoms with Gasteiger partial charge in [-0.05, 0) is 73.0 Å². The van der Waals surface area contributed by atoms with Gasteiger partial charge in [0.05, 0.1) is 4.90 Å². The Morgan fingerprint density at radius 1 is 0.927 bits per heavy atom. The van der Waals surface area contributed by atoms with E-state index in [-0.39, 0.29) is 29.9 Å². The smallest absolute Gasteiger partial charge is 0.251 e. The van der Waals surface area contributed by atoms with E-state index in [4.69, 9.17) is 0 Å². The SMILES string of the molecule is O=C(NC1CCN(S(=O)(=O)c2ccc(F)cc2)CC1)c1cccc(Sc2cnc3[nH]c(-c4ccccc4)cc3c2)c1. The van der Waals surface area contributed by atoms with E-state index < -0.39 is 15.8 Å². The molecule has 0 bridgehead atoms. The summed E-state index contributed by atoms with van der Waals surface area (Å²) in [5.41, 5.74) is 3.46. The van der Waals surface area contributed by atoms with E-state index in [1.807, 2.05) is 42.6 Å². The lowest BCUT2D eigenvalue weighted by atomic mass is 10.1. The lowest BCUT2D eigenvalue weighted by Crippen LogP contribution is -2.46. The van der Waals surface area contributed by atoms with Crippen molar-refractivity contribution in [1.82, 2.24) is 19.6 Å². The Morgan fingerprint density at radius 3 is 2.44 bits per heavy atom. The van der Waals surface area contributed by atoms with Gasteiger partial charge in [0.1, 0.15) is 11.5 Å². The Kier molecular flexibility index (Phi) is 7.61. The first-order valence-electron chi connectivity index (χ1n) is 13.2. The molecule has 10 heteroatoms. The summed E-state index contributed by atoms with van der Waals surface area (Å²) in [6, 6.07) is 26.4. The Hall–Kier alpha value is -3.99. The van der Waals surface area contributed by atoms with E-state index in [9.17, 15) is 17.6 Å². The van der Waals surface area contributed by atoms with Crippen molar-refractivity contribution in [2.24, 2.45) is 0 Å². The van der Waals surface area contributed by atoms with Crippen molar-refractivity contribution in [3.05, 3.63) is 109 Å². The zero-order valence-electron chi connectivity index (χ0n) is 22.0. The van der Waals surface area contributed by atoms with E-state index in [0.717, 1.165) is 44.2 Å². The fourth-order valence-corrected chi connectivity index (χ4v) is 7.29. The lowest BCUT2D eigenvalue weighted by Gasteiger charge is -2.31. The maximum absolute atomic E-state index is 13.2. The van der Waals surface area contributed by atoms with Crippen LogP contribution in [0.15, 0.2) is 112 Å². The van der Waals surface area contributed by atoms with E-state index in [2.05, 4.69) is 39.6 Å². The summed E-state index contributed by atoms with van der Waals surface area (Å²) in [7, 11) is -3.70. The highest BCUT2D eigenvalue weighted by Crippen LogP contribution is 2.31. The van der Waals surface area contributed by atoms with Crippen molar-refractivity contribution in [3.63, 3.8) is 0 Å². The number of amides is 1. The molecule has 7 nitrogen and oxygen atoms in total. The topological polar surface area (TPSA) is 95.2 Å². The highest BCUT2D eigenvalue weighted by atomic mass is 32.2. The number of rotatable bonds is 7. The van der Waals surface area contributed by atoms with Gasteiger partial charge < -0.3 is 10.3 Å². The quantitative estimate of drug-likeness (QED) is 0.240. The molecule has 0 unspecified atom stereocenters. The molecule has 1 saturated heterocycles. The number of hydrogen-bond acceptors (Lipinski definition) is 5. The van der Waals surface area contributed by atoms with Crippen molar-refractivity contribution in [2.75, 3.05) is 13.1 Å². The molecular weight excluding hydrogens is 559 g/mol. The van der Waals surface area contributed by atoms with Gasteiger partial charge in [-0.3, -0.25) is 4.79 Å². The number of H-pyrrole nitrogens is 1. The van der Waals surface area contributed by atoms with Gasteiger partial charge in [-0.1, -0.05) is 48.2 Å². The molecule has 1 fully saturated rings. The minimum absolute atomic E-state index is 0.0678. The highest BCUT2D eigenvalue weighted by molar-refractivity contribution is 7.99. The third kappa shape index (κ3) is 6.04. The number of benzene rings is 3. The van der Waals surface area contributed by atoms with Crippen LogP contribution in [0.2, 0.25) is 0 Å². The first kappa shape index (κ1) is 27.2. The van der Waals surface area contributed by atoms with Crippen LogP contribution in [0.5, 0.6) is 0 Å². The molecule has 1 aliphatic rings. The number of carbonyl (C=O) groups excluding carboxylic acids is 1. The first-order chi connectivity index (χ1) is 19.8. The van der Waals surface area contributed by atoms with Crippen molar-refractivity contribution >= 4 is 38.7 Å².